The van der Waals surface area contributed by atoms with Gasteiger partial charge in [0, 0.05) is 39.4 Å². The van der Waals surface area contributed by atoms with Crippen molar-refractivity contribution in [1.29, 1.82) is 0 Å². The normalized spacial score (nSPS) is 11.3. The molecule has 3 heteroatoms. The minimum Gasteiger partial charge on any atom is -0.437 e. The highest BCUT2D eigenvalue weighted by Gasteiger charge is 2.16. The third-order valence-corrected chi connectivity index (χ3v) is 7.94. The van der Waals surface area contributed by atoms with Crippen molar-refractivity contribution < 1.29 is 4.42 Å². The molecule has 8 rings (SSSR count). The van der Waals surface area contributed by atoms with Crippen LogP contribution in [0.2, 0.25) is 0 Å². The molecule has 0 aliphatic carbocycles. The van der Waals surface area contributed by atoms with Crippen molar-refractivity contribution in [3.05, 3.63) is 158 Å². The van der Waals surface area contributed by atoms with E-state index < -0.39 is 0 Å². The third-order valence-electron chi connectivity index (χ3n) is 7.94. The zero-order chi connectivity index (χ0) is 27.9. The number of nitrogens with zero attached hydrogens (tertiary/aromatic N) is 2. The van der Waals surface area contributed by atoms with Crippen LogP contribution >= 0.6 is 0 Å². The fourth-order valence-electron chi connectivity index (χ4n) is 5.84. The van der Waals surface area contributed by atoms with E-state index >= 15 is 0 Å². The van der Waals surface area contributed by atoms with Crippen molar-refractivity contribution in [3.8, 4) is 22.3 Å². The molecule has 8 aromatic rings. The largest absolute Gasteiger partial charge is 0.437 e. The first-order chi connectivity index (χ1) is 20.8. The van der Waals surface area contributed by atoms with E-state index in [0.717, 1.165) is 44.2 Å². The van der Waals surface area contributed by atoms with Crippen LogP contribution in [0.3, 0.4) is 0 Å². The van der Waals surface area contributed by atoms with Gasteiger partial charge in [0.05, 0.1) is 0 Å². The zero-order valence-corrected chi connectivity index (χ0v) is 22.8. The number of hydrogen-bond donors (Lipinski definition) is 0. The van der Waals surface area contributed by atoms with Gasteiger partial charge in [-0.2, -0.15) is 0 Å². The highest BCUT2D eigenvalue weighted by Crippen LogP contribution is 2.40. The molecule has 2 aromatic heterocycles. The van der Waals surface area contributed by atoms with E-state index in [1.165, 1.54) is 22.3 Å². The molecule has 0 N–H and O–H groups in total. The smallest absolute Gasteiger partial charge is 0.227 e. The summed E-state index contributed by atoms with van der Waals surface area (Å²) in [6.07, 6.45) is 1.77. The summed E-state index contributed by atoms with van der Waals surface area (Å²) in [7, 11) is 0. The van der Waals surface area contributed by atoms with Crippen molar-refractivity contribution in [2.75, 3.05) is 4.90 Å². The second kappa shape index (κ2) is 10.1. The number of fused-ring (bicyclic) bond motifs is 5. The summed E-state index contributed by atoms with van der Waals surface area (Å²) in [5.74, 6) is 0. The Morgan fingerprint density at radius 2 is 0.976 bits per heavy atom. The Hall–Kier alpha value is -5.67. The minimum absolute atomic E-state index is 0.669. The van der Waals surface area contributed by atoms with Crippen molar-refractivity contribution in [3.63, 3.8) is 0 Å². The molecule has 0 atom stereocenters. The molecule has 0 unspecified atom stereocenters. The summed E-state index contributed by atoms with van der Waals surface area (Å²) < 4.78 is 6.22. The molecule has 0 aliphatic rings. The molecule has 0 aliphatic heterocycles. The van der Waals surface area contributed by atoms with Gasteiger partial charge in [-0.05, 0) is 88.3 Å². The highest BCUT2D eigenvalue weighted by molar-refractivity contribution is 6.14. The molecular formula is C39H26N2O. The van der Waals surface area contributed by atoms with E-state index in [2.05, 4.69) is 143 Å². The van der Waals surface area contributed by atoms with Gasteiger partial charge >= 0.3 is 0 Å². The third kappa shape index (κ3) is 4.20. The average molecular weight is 539 g/mol. The fourth-order valence-corrected chi connectivity index (χ4v) is 5.84. The average Bonchev–Trinajstić information content (AvgIpc) is 3.45. The predicted molar refractivity (Wildman–Crippen MR) is 175 cm³/mol. The first-order valence-corrected chi connectivity index (χ1v) is 14.1. The Kier molecular flexibility index (Phi) is 5.79. The molecule has 6 aromatic carbocycles. The maximum Gasteiger partial charge on any atom is 0.227 e. The highest BCUT2D eigenvalue weighted by atomic mass is 16.3. The van der Waals surface area contributed by atoms with Crippen molar-refractivity contribution >= 4 is 49.9 Å². The van der Waals surface area contributed by atoms with Crippen LogP contribution in [0.25, 0.3) is 55.1 Å². The zero-order valence-electron chi connectivity index (χ0n) is 22.8. The lowest BCUT2D eigenvalue weighted by Crippen LogP contribution is -2.09. The quantitative estimate of drug-likeness (QED) is 0.218. The Balaban J connectivity index is 1.25. The summed E-state index contributed by atoms with van der Waals surface area (Å²) in [6.45, 7) is 0. The molecule has 2 heterocycles. The van der Waals surface area contributed by atoms with Gasteiger partial charge in [-0.1, -0.05) is 91.0 Å². The van der Waals surface area contributed by atoms with Crippen molar-refractivity contribution in [2.45, 2.75) is 0 Å². The van der Waals surface area contributed by atoms with E-state index in [4.69, 9.17) is 4.42 Å². The monoisotopic (exact) mass is 538 g/mol. The van der Waals surface area contributed by atoms with Crippen LogP contribution in [0.15, 0.2) is 162 Å². The van der Waals surface area contributed by atoms with Gasteiger partial charge in [0.1, 0.15) is 5.58 Å². The maximum absolute atomic E-state index is 6.22. The van der Waals surface area contributed by atoms with E-state index in [9.17, 15) is 0 Å². The van der Waals surface area contributed by atoms with Crippen LogP contribution in [-0.2, 0) is 0 Å². The maximum atomic E-state index is 6.22. The number of pyridine rings is 1. The Morgan fingerprint density at radius 3 is 1.60 bits per heavy atom. The second-order valence-electron chi connectivity index (χ2n) is 10.5. The molecule has 0 spiro atoms. The Labute approximate surface area is 243 Å². The first-order valence-electron chi connectivity index (χ1n) is 14.1. The fraction of sp³-hybridized carbons (Fsp3) is 0. The van der Waals surface area contributed by atoms with E-state index in [-0.39, 0.29) is 0 Å². The molecule has 0 saturated carbocycles. The minimum atomic E-state index is 0.669. The lowest BCUT2D eigenvalue weighted by atomic mass is 10.0. The van der Waals surface area contributed by atoms with E-state index in [0.29, 0.717) is 5.71 Å². The van der Waals surface area contributed by atoms with E-state index in [1.807, 2.05) is 18.2 Å². The van der Waals surface area contributed by atoms with Crippen LogP contribution in [0.5, 0.6) is 0 Å². The Morgan fingerprint density at radius 1 is 0.429 bits per heavy atom. The molecule has 0 fully saturated rings. The van der Waals surface area contributed by atoms with Gasteiger partial charge in [0.25, 0.3) is 0 Å². The van der Waals surface area contributed by atoms with E-state index in [1.54, 1.807) is 6.20 Å². The van der Waals surface area contributed by atoms with Gasteiger partial charge in [-0.3, -0.25) is 0 Å². The summed E-state index contributed by atoms with van der Waals surface area (Å²) in [5, 5.41) is 4.32. The van der Waals surface area contributed by atoms with Gasteiger partial charge in [0.2, 0.25) is 5.71 Å². The van der Waals surface area contributed by atoms with Crippen LogP contribution in [0.1, 0.15) is 0 Å². The topological polar surface area (TPSA) is 29.3 Å². The van der Waals surface area contributed by atoms with Gasteiger partial charge in [0.15, 0.2) is 0 Å². The van der Waals surface area contributed by atoms with Crippen molar-refractivity contribution in [2.24, 2.45) is 0 Å². The molecule has 0 saturated heterocycles. The lowest BCUT2D eigenvalue weighted by molar-refractivity contribution is 0.657. The van der Waals surface area contributed by atoms with Gasteiger partial charge in [-0.15, -0.1) is 0 Å². The summed E-state index contributed by atoms with van der Waals surface area (Å²) in [5.41, 5.74) is 9.61. The van der Waals surface area contributed by atoms with Crippen LogP contribution in [0, 0.1) is 0 Å². The first kappa shape index (κ1) is 24.2. The SMILES string of the molecule is c1ccc(-c2ccc(N(c3ccc(-c4ccccc4)cc3)c3ccc4c(ccc5c6cccnc6oc45)c3)cc2)cc1. The number of benzene rings is 6. The second-order valence-corrected chi connectivity index (χ2v) is 10.5. The number of anilines is 3. The molecular weight excluding hydrogens is 512 g/mol. The summed E-state index contributed by atoms with van der Waals surface area (Å²) in [4.78, 5) is 6.75. The molecule has 42 heavy (non-hydrogen) atoms. The van der Waals surface area contributed by atoms with Crippen LogP contribution < -0.4 is 4.90 Å². The number of rotatable bonds is 5. The molecule has 3 nitrogen and oxygen atoms in total. The van der Waals surface area contributed by atoms with Crippen LogP contribution in [-0.4, -0.2) is 4.98 Å². The number of hydrogen-bond acceptors (Lipinski definition) is 3. The molecule has 0 radical (unpaired) electrons. The number of aromatic nitrogens is 1. The standard InChI is InChI=1S/C39H26N2O/c1-3-8-27(9-4-1)29-13-18-32(19-14-29)41(33-20-15-30(16-21-33)28-10-5-2-6-11-28)34-22-24-35-31(26-34)17-23-36-37-12-7-25-40-39(37)42-38(35)36/h1-26H. The lowest BCUT2D eigenvalue weighted by Gasteiger charge is -2.26. The Bertz CT molecular complexity index is 2080. The van der Waals surface area contributed by atoms with Gasteiger partial charge < -0.3 is 9.32 Å². The van der Waals surface area contributed by atoms with Gasteiger partial charge in [-0.25, -0.2) is 4.98 Å². The molecule has 0 bridgehead atoms. The summed E-state index contributed by atoms with van der Waals surface area (Å²) >= 11 is 0. The molecule has 198 valence electrons. The van der Waals surface area contributed by atoms with Crippen molar-refractivity contribution in [1.82, 2.24) is 4.98 Å². The van der Waals surface area contributed by atoms with Crippen LogP contribution in [0.4, 0.5) is 17.1 Å². The predicted octanol–water partition coefficient (Wildman–Crippen LogP) is 10.9. The summed E-state index contributed by atoms with van der Waals surface area (Å²) in [6, 6.07) is 53.5. The number of furan rings is 1. The molecule has 0 amide bonds.